The molecule has 1 fully saturated rings. The fourth-order valence-corrected chi connectivity index (χ4v) is 4.84. The van der Waals surface area contributed by atoms with Gasteiger partial charge in [-0.1, -0.05) is 30.5 Å². The van der Waals surface area contributed by atoms with Crippen molar-refractivity contribution < 1.29 is 9.59 Å². The molecule has 1 N–H and O–H groups in total. The SMILES string of the molecule is Cc1nnsc1C(=O)N1CCC(CNC(=O)Cc2ccc(SC(C)C)cc2)CC1. The molecule has 0 bridgehead atoms. The van der Waals surface area contributed by atoms with E-state index in [2.05, 4.69) is 40.9 Å². The van der Waals surface area contributed by atoms with E-state index < -0.39 is 0 Å². The monoisotopic (exact) mass is 432 g/mol. The molecule has 156 valence electrons. The van der Waals surface area contributed by atoms with Crippen LogP contribution in [0.25, 0.3) is 0 Å². The smallest absolute Gasteiger partial charge is 0.267 e. The Morgan fingerprint density at radius 1 is 1.24 bits per heavy atom. The number of rotatable bonds is 7. The van der Waals surface area contributed by atoms with Crippen LogP contribution in [0, 0.1) is 12.8 Å². The number of aryl methyl sites for hydroxylation is 1. The second-order valence-electron chi connectivity index (χ2n) is 7.71. The topological polar surface area (TPSA) is 75.2 Å². The molecule has 1 aliphatic heterocycles. The first kappa shape index (κ1) is 21.8. The fraction of sp³-hybridized carbons (Fsp3) is 0.524. The minimum Gasteiger partial charge on any atom is -0.356 e. The van der Waals surface area contributed by atoms with Gasteiger partial charge in [-0.05, 0) is 54.9 Å². The van der Waals surface area contributed by atoms with Gasteiger partial charge in [0.05, 0.1) is 12.1 Å². The largest absolute Gasteiger partial charge is 0.356 e. The average molecular weight is 433 g/mol. The number of nitrogens with zero attached hydrogens (tertiary/aromatic N) is 3. The molecule has 1 aliphatic rings. The summed E-state index contributed by atoms with van der Waals surface area (Å²) in [6.45, 7) is 8.25. The molecule has 29 heavy (non-hydrogen) atoms. The molecule has 0 saturated carbocycles. The summed E-state index contributed by atoms with van der Waals surface area (Å²) in [4.78, 5) is 28.6. The van der Waals surface area contributed by atoms with Crippen molar-refractivity contribution in [2.75, 3.05) is 19.6 Å². The molecule has 1 aromatic heterocycles. The van der Waals surface area contributed by atoms with Crippen molar-refractivity contribution in [3.63, 3.8) is 0 Å². The van der Waals surface area contributed by atoms with Gasteiger partial charge in [0.2, 0.25) is 5.91 Å². The number of amides is 2. The molecule has 6 nitrogen and oxygen atoms in total. The highest BCUT2D eigenvalue weighted by Crippen LogP contribution is 2.23. The van der Waals surface area contributed by atoms with Crippen molar-refractivity contribution in [1.82, 2.24) is 19.8 Å². The average Bonchev–Trinajstić information content (AvgIpc) is 3.13. The van der Waals surface area contributed by atoms with Crippen LogP contribution in [0.1, 0.15) is 47.6 Å². The van der Waals surface area contributed by atoms with Gasteiger partial charge < -0.3 is 10.2 Å². The second-order valence-corrected chi connectivity index (χ2v) is 10.1. The lowest BCUT2D eigenvalue weighted by Crippen LogP contribution is -2.41. The van der Waals surface area contributed by atoms with Gasteiger partial charge in [-0.25, -0.2) is 0 Å². The van der Waals surface area contributed by atoms with Crippen LogP contribution < -0.4 is 5.32 Å². The Hall–Kier alpha value is -1.93. The second kappa shape index (κ2) is 10.2. The van der Waals surface area contributed by atoms with E-state index in [-0.39, 0.29) is 11.8 Å². The first-order valence-corrected chi connectivity index (χ1v) is 11.7. The zero-order valence-corrected chi connectivity index (χ0v) is 18.8. The maximum Gasteiger partial charge on any atom is 0.267 e. The number of thioether (sulfide) groups is 1. The predicted molar refractivity (Wildman–Crippen MR) is 117 cm³/mol. The Labute approximate surface area is 180 Å². The van der Waals surface area contributed by atoms with Crippen molar-refractivity contribution in [2.24, 2.45) is 5.92 Å². The molecule has 0 aliphatic carbocycles. The molecule has 0 unspecified atom stereocenters. The number of hydrogen-bond donors (Lipinski definition) is 1. The van der Waals surface area contributed by atoms with E-state index in [4.69, 9.17) is 0 Å². The van der Waals surface area contributed by atoms with E-state index in [0.29, 0.717) is 47.8 Å². The number of carbonyl (C=O) groups excluding carboxylic acids is 2. The summed E-state index contributed by atoms with van der Waals surface area (Å²) in [5.41, 5.74) is 1.73. The van der Waals surface area contributed by atoms with E-state index in [1.807, 2.05) is 35.7 Å². The van der Waals surface area contributed by atoms with Crippen LogP contribution in [0.15, 0.2) is 29.2 Å². The highest BCUT2D eigenvalue weighted by Gasteiger charge is 2.26. The Bertz CT molecular complexity index is 827. The Morgan fingerprint density at radius 2 is 1.93 bits per heavy atom. The van der Waals surface area contributed by atoms with Gasteiger partial charge in [-0.15, -0.1) is 16.9 Å². The van der Waals surface area contributed by atoms with E-state index in [1.165, 1.54) is 4.90 Å². The molecule has 2 heterocycles. The Kier molecular flexibility index (Phi) is 7.66. The van der Waals surface area contributed by atoms with Crippen LogP contribution in [-0.2, 0) is 11.2 Å². The van der Waals surface area contributed by atoms with Gasteiger partial charge in [-0.3, -0.25) is 9.59 Å². The lowest BCUT2D eigenvalue weighted by Gasteiger charge is -2.31. The van der Waals surface area contributed by atoms with Gasteiger partial charge in [0.25, 0.3) is 5.91 Å². The normalized spacial score (nSPS) is 15.0. The fourth-order valence-electron chi connectivity index (χ4n) is 3.38. The minimum absolute atomic E-state index is 0.0269. The summed E-state index contributed by atoms with van der Waals surface area (Å²) in [5, 5.41) is 7.53. The first-order valence-electron chi connectivity index (χ1n) is 10.0. The molecule has 1 aromatic carbocycles. The Morgan fingerprint density at radius 3 is 2.52 bits per heavy atom. The van der Waals surface area contributed by atoms with E-state index in [9.17, 15) is 9.59 Å². The number of carbonyl (C=O) groups is 2. The minimum atomic E-state index is 0.0269. The first-order chi connectivity index (χ1) is 13.9. The molecule has 0 spiro atoms. The standard InChI is InChI=1S/C21H28N4O2S2/c1-14(2)28-18-6-4-16(5-7-18)12-19(26)22-13-17-8-10-25(11-9-17)21(27)20-15(3)23-24-29-20/h4-7,14,17H,8-13H2,1-3H3,(H,22,26). The lowest BCUT2D eigenvalue weighted by atomic mass is 9.96. The molecular weight excluding hydrogens is 404 g/mol. The third-order valence-corrected chi connectivity index (χ3v) is 6.83. The number of benzene rings is 1. The van der Waals surface area contributed by atoms with Crippen molar-refractivity contribution in [3.05, 3.63) is 40.4 Å². The number of nitrogens with one attached hydrogen (secondary N) is 1. The molecule has 2 aromatic rings. The molecule has 2 amide bonds. The zero-order chi connectivity index (χ0) is 20.8. The lowest BCUT2D eigenvalue weighted by molar-refractivity contribution is -0.120. The molecule has 0 atom stereocenters. The van der Waals surface area contributed by atoms with E-state index in [0.717, 1.165) is 29.9 Å². The quantitative estimate of drug-likeness (QED) is 0.677. The van der Waals surface area contributed by atoms with Gasteiger partial charge >= 0.3 is 0 Å². The summed E-state index contributed by atoms with van der Waals surface area (Å²) >= 11 is 2.98. The third-order valence-electron chi connectivity index (χ3n) is 5.00. The van der Waals surface area contributed by atoms with Gasteiger partial charge in [-0.2, -0.15) is 0 Å². The highest BCUT2D eigenvalue weighted by atomic mass is 32.2. The third kappa shape index (κ3) is 6.27. The Balaban J connectivity index is 1.39. The summed E-state index contributed by atoms with van der Waals surface area (Å²) in [6.07, 6.45) is 2.21. The maximum absolute atomic E-state index is 12.5. The summed E-state index contributed by atoms with van der Waals surface area (Å²) in [6, 6.07) is 8.23. The van der Waals surface area contributed by atoms with Crippen LogP contribution in [0.3, 0.4) is 0 Å². The van der Waals surface area contributed by atoms with Gasteiger partial charge in [0, 0.05) is 29.8 Å². The van der Waals surface area contributed by atoms with Crippen molar-refractivity contribution in [1.29, 1.82) is 0 Å². The molecular formula is C21H28N4O2S2. The van der Waals surface area contributed by atoms with E-state index in [1.54, 1.807) is 0 Å². The van der Waals surface area contributed by atoms with Crippen LogP contribution in [-0.4, -0.2) is 51.2 Å². The number of hydrogen-bond acceptors (Lipinski definition) is 6. The summed E-state index contributed by atoms with van der Waals surface area (Å²) in [5.74, 6) is 0.492. The van der Waals surface area contributed by atoms with E-state index >= 15 is 0 Å². The number of piperidine rings is 1. The van der Waals surface area contributed by atoms with Crippen LogP contribution in [0.5, 0.6) is 0 Å². The number of likely N-dealkylation sites (tertiary alicyclic amines) is 1. The molecule has 3 rings (SSSR count). The molecule has 1 saturated heterocycles. The van der Waals surface area contributed by atoms with Crippen molar-refractivity contribution >= 4 is 35.1 Å². The highest BCUT2D eigenvalue weighted by molar-refractivity contribution is 7.99. The van der Waals surface area contributed by atoms with Gasteiger partial charge in [0.1, 0.15) is 4.88 Å². The van der Waals surface area contributed by atoms with Crippen LogP contribution >= 0.6 is 23.3 Å². The van der Waals surface area contributed by atoms with Crippen LogP contribution in [0.2, 0.25) is 0 Å². The predicted octanol–water partition coefficient (Wildman–Crippen LogP) is 3.56. The maximum atomic E-state index is 12.5. The summed E-state index contributed by atoms with van der Waals surface area (Å²) < 4.78 is 3.85. The molecule has 8 heteroatoms. The zero-order valence-electron chi connectivity index (χ0n) is 17.2. The van der Waals surface area contributed by atoms with Crippen LogP contribution in [0.4, 0.5) is 0 Å². The summed E-state index contributed by atoms with van der Waals surface area (Å²) in [7, 11) is 0. The van der Waals surface area contributed by atoms with Gasteiger partial charge in [0.15, 0.2) is 0 Å². The van der Waals surface area contributed by atoms with Crippen molar-refractivity contribution in [3.8, 4) is 0 Å². The molecule has 0 radical (unpaired) electrons. The van der Waals surface area contributed by atoms with Crippen molar-refractivity contribution in [2.45, 2.75) is 50.2 Å². The number of aromatic nitrogens is 2.